The second kappa shape index (κ2) is 6.57. The number of hydrogen-bond donors (Lipinski definition) is 1. The fourth-order valence-electron chi connectivity index (χ4n) is 2.35. The van der Waals surface area contributed by atoms with Crippen molar-refractivity contribution in [1.29, 1.82) is 0 Å². The van der Waals surface area contributed by atoms with Crippen molar-refractivity contribution in [3.63, 3.8) is 0 Å². The normalized spacial score (nSPS) is 24.3. The van der Waals surface area contributed by atoms with Gasteiger partial charge in [0.05, 0.1) is 5.02 Å². The minimum absolute atomic E-state index is 0.151. The highest BCUT2D eigenvalue weighted by molar-refractivity contribution is 9.09. The first-order valence-electron chi connectivity index (χ1n) is 6.39. The fraction of sp³-hybridized carbons (Fsp3) is 0.538. The topological polar surface area (TPSA) is 46.2 Å². The molecule has 1 aromatic rings. The van der Waals surface area contributed by atoms with Crippen LogP contribution in [0.1, 0.15) is 25.7 Å². The Hall–Kier alpha value is -0.100. The van der Waals surface area contributed by atoms with Gasteiger partial charge in [-0.25, -0.2) is 13.1 Å². The number of benzene rings is 1. The van der Waals surface area contributed by atoms with Crippen molar-refractivity contribution in [1.82, 2.24) is 4.72 Å². The molecule has 1 saturated carbocycles. The van der Waals surface area contributed by atoms with Crippen LogP contribution < -0.4 is 4.72 Å². The van der Waals surface area contributed by atoms with E-state index in [1.807, 2.05) is 0 Å². The smallest absolute Gasteiger partial charge is 0.211 e. The Labute approximate surface area is 127 Å². The molecule has 2 unspecified atom stereocenters. The van der Waals surface area contributed by atoms with Crippen LogP contribution in [0.3, 0.4) is 0 Å². The zero-order valence-corrected chi connectivity index (χ0v) is 13.6. The van der Waals surface area contributed by atoms with Gasteiger partial charge in [0.15, 0.2) is 0 Å². The molecule has 0 heterocycles. The standard InChI is InChI=1S/C13H17BrClNO2S/c14-11-6-2-1-5-10(11)9-16-19(17,18)13-8-4-3-7-12(13)15/h3-4,7-8,10-11,16H,1-2,5-6,9H2. The van der Waals surface area contributed by atoms with E-state index in [1.165, 1.54) is 18.9 Å². The van der Waals surface area contributed by atoms with Gasteiger partial charge in [0.1, 0.15) is 4.90 Å². The number of nitrogens with one attached hydrogen (secondary N) is 1. The maximum Gasteiger partial charge on any atom is 0.242 e. The van der Waals surface area contributed by atoms with Gasteiger partial charge in [-0.1, -0.05) is 52.5 Å². The summed E-state index contributed by atoms with van der Waals surface area (Å²) in [5.74, 6) is 0.353. The zero-order chi connectivity index (χ0) is 13.9. The first-order valence-corrected chi connectivity index (χ1v) is 9.16. The molecule has 1 aliphatic carbocycles. The molecule has 0 saturated heterocycles. The Morgan fingerprint density at radius 1 is 1.26 bits per heavy atom. The third-order valence-corrected chi connectivity index (χ3v) is 6.61. The van der Waals surface area contributed by atoms with Crippen LogP contribution in [-0.2, 0) is 10.0 Å². The Morgan fingerprint density at radius 2 is 1.95 bits per heavy atom. The van der Waals surface area contributed by atoms with Crippen molar-refractivity contribution in [2.24, 2.45) is 5.92 Å². The molecular formula is C13H17BrClNO2S. The molecule has 19 heavy (non-hydrogen) atoms. The number of sulfonamides is 1. The average molecular weight is 367 g/mol. The summed E-state index contributed by atoms with van der Waals surface area (Å²) in [6.07, 6.45) is 4.55. The van der Waals surface area contributed by atoms with Crippen molar-refractivity contribution in [2.75, 3.05) is 6.54 Å². The van der Waals surface area contributed by atoms with Crippen molar-refractivity contribution in [2.45, 2.75) is 35.4 Å². The third-order valence-electron chi connectivity index (χ3n) is 3.48. The summed E-state index contributed by atoms with van der Waals surface area (Å²) < 4.78 is 27.1. The van der Waals surface area contributed by atoms with Crippen LogP contribution in [0, 0.1) is 5.92 Å². The lowest BCUT2D eigenvalue weighted by Crippen LogP contribution is -2.34. The molecule has 0 spiro atoms. The molecule has 106 valence electrons. The quantitative estimate of drug-likeness (QED) is 0.828. The van der Waals surface area contributed by atoms with Gasteiger partial charge in [-0.15, -0.1) is 0 Å². The molecule has 2 rings (SSSR count). The maximum atomic E-state index is 12.2. The maximum absolute atomic E-state index is 12.2. The van der Waals surface area contributed by atoms with E-state index in [4.69, 9.17) is 11.6 Å². The number of rotatable bonds is 4. The van der Waals surface area contributed by atoms with Crippen LogP contribution >= 0.6 is 27.5 Å². The van der Waals surface area contributed by atoms with E-state index in [2.05, 4.69) is 20.7 Å². The highest BCUT2D eigenvalue weighted by Gasteiger charge is 2.25. The highest BCUT2D eigenvalue weighted by Crippen LogP contribution is 2.30. The summed E-state index contributed by atoms with van der Waals surface area (Å²) in [6.45, 7) is 0.462. The van der Waals surface area contributed by atoms with E-state index < -0.39 is 10.0 Å². The first-order chi connectivity index (χ1) is 9.00. The SMILES string of the molecule is O=S(=O)(NCC1CCCCC1Br)c1ccccc1Cl. The van der Waals surface area contributed by atoms with E-state index in [0.29, 0.717) is 17.3 Å². The molecule has 0 aromatic heterocycles. The summed E-state index contributed by atoms with van der Waals surface area (Å²) in [5.41, 5.74) is 0. The van der Waals surface area contributed by atoms with Crippen LogP contribution in [0.15, 0.2) is 29.2 Å². The molecule has 1 aromatic carbocycles. The van der Waals surface area contributed by atoms with Gasteiger partial charge < -0.3 is 0 Å². The monoisotopic (exact) mass is 365 g/mol. The molecule has 6 heteroatoms. The minimum Gasteiger partial charge on any atom is -0.211 e. The molecular weight excluding hydrogens is 350 g/mol. The van der Waals surface area contributed by atoms with E-state index in [-0.39, 0.29) is 9.92 Å². The van der Waals surface area contributed by atoms with Crippen molar-refractivity contribution in [3.8, 4) is 0 Å². The van der Waals surface area contributed by atoms with Crippen molar-refractivity contribution >= 4 is 37.6 Å². The fourth-order valence-corrected chi connectivity index (χ4v) is 4.74. The van der Waals surface area contributed by atoms with Crippen molar-refractivity contribution < 1.29 is 8.42 Å². The van der Waals surface area contributed by atoms with Gasteiger partial charge in [0.25, 0.3) is 0 Å². The molecule has 1 aliphatic rings. The van der Waals surface area contributed by atoms with Crippen LogP contribution in [0.2, 0.25) is 5.02 Å². The molecule has 0 radical (unpaired) electrons. The van der Waals surface area contributed by atoms with Crippen molar-refractivity contribution in [3.05, 3.63) is 29.3 Å². The summed E-state index contributed by atoms with van der Waals surface area (Å²) in [5, 5.41) is 0.258. The van der Waals surface area contributed by atoms with Gasteiger partial charge in [-0.05, 0) is 30.9 Å². The van der Waals surface area contributed by atoms with Gasteiger partial charge in [0, 0.05) is 11.4 Å². The van der Waals surface area contributed by atoms with Gasteiger partial charge in [0.2, 0.25) is 10.0 Å². The van der Waals surface area contributed by atoms with Crippen LogP contribution in [0.4, 0.5) is 0 Å². The second-order valence-electron chi connectivity index (χ2n) is 4.84. The predicted molar refractivity (Wildman–Crippen MR) is 81.3 cm³/mol. The molecule has 0 amide bonds. The largest absolute Gasteiger partial charge is 0.242 e. The van der Waals surface area contributed by atoms with E-state index in [9.17, 15) is 8.42 Å². The van der Waals surface area contributed by atoms with E-state index in [0.717, 1.165) is 12.8 Å². The summed E-state index contributed by atoms with van der Waals surface area (Å²) in [6, 6.07) is 6.51. The highest BCUT2D eigenvalue weighted by atomic mass is 79.9. The Kier molecular flexibility index (Phi) is 5.29. The third kappa shape index (κ3) is 3.94. The van der Waals surface area contributed by atoms with E-state index in [1.54, 1.807) is 18.2 Å². The minimum atomic E-state index is -3.52. The van der Waals surface area contributed by atoms with Crippen LogP contribution in [0.25, 0.3) is 0 Å². The summed E-state index contributed by atoms with van der Waals surface area (Å²) in [7, 11) is -3.52. The molecule has 1 N–H and O–H groups in total. The van der Waals surface area contributed by atoms with Gasteiger partial charge in [-0.2, -0.15) is 0 Å². The summed E-state index contributed by atoms with van der Waals surface area (Å²) in [4.78, 5) is 0.550. The van der Waals surface area contributed by atoms with Crippen LogP contribution in [0.5, 0.6) is 0 Å². The number of hydrogen-bond acceptors (Lipinski definition) is 2. The Bertz CT molecular complexity index is 535. The van der Waals surface area contributed by atoms with Gasteiger partial charge in [-0.3, -0.25) is 0 Å². The Morgan fingerprint density at radius 3 is 2.63 bits per heavy atom. The first kappa shape index (κ1) is 15.3. The lowest BCUT2D eigenvalue weighted by molar-refractivity contribution is 0.373. The van der Waals surface area contributed by atoms with Gasteiger partial charge >= 0.3 is 0 Å². The summed E-state index contributed by atoms with van der Waals surface area (Å²) >= 11 is 9.56. The lowest BCUT2D eigenvalue weighted by Gasteiger charge is -2.27. The molecule has 0 aliphatic heterocycles. The number of alkyl halides is 1. The average Bonchev–Trinajstić information content (AvgIpc) is 2.38. The Balaban J connectivity index is 2.04. The van der Waals surface area contributed by atoms with Crippen LogP contribution in [-0.4, -0.2) is 19.8 Å². The predicted octanol–water partition coefficient (Wildman–Crippen LogP) is 3.57. The zero-order valence-electron chi connectivity index (χ0n) is 10.5. The molecule has 2 atom stereocenters. The molecule has 3 nitrogen and oxygen atoms in total. The number of halogens is 2. The van der Waals surface area contributed by atoms with E-state index >= 15 is 0 Å². The molecule has 0 bridgehead atoms. The lowest BCUT2D eigenvalue weighted by atomic mass is 9.89. The molecule has 1 fully saturated rings. The second-order valence-corrected chi connectivity index (χ2v) is 8.16.